The average Bonchev–Trinajstić information content (AvgIpc) is 3.55. The van der Waals surface area contributed by atoms with Gasteiger partial charge in [0.25, 0.3) is 0 Å². The molecule has 1 unspecified atom stereocenters. The summed E-state index contributed by atoms with van der Waals surface area (Å²) < 4.78 is 3.47. The maximum Gasteiger partial charge on any atom is 0.224 e. The van der Waals surface area contributed by atoms with E-state index in [1.807, 2.05) is 55.5 Å². The molecule has 10 nitrogen and oxygen atoms in total. The molecule has 0 aliphatic rings. The quantitative estimate of drug-likeness (QED) is 0.345. The number of hydrogen-bond acceptors (Lipinski definition) is 6. The standard InChI is InChI=1S/C25H28N8O2/c1-19(12-25(35)31-23-9-5-21(6-10-23)14-33-18-27-16-29-33)2-11-24(34)30-22-7-3-20(4-8-22)13-32-17-26-15-28-32/h3-10,15-19H,2,11-14H2,1H3,(H,30,34)(H,31,35). The van der Waals surface area contributed by atoms with Crippen LogP contribution in [0.15, 0.2) is 73.8 Å². The van der Waals surface area contributed by atoms with E-state index >= 15 is 0 Å². The largest absolute Gasteiger partial charge is 0.326 e. The summed E-state index contributed by atoms with van der Waals surface area (Å²) in [5.74, 6) is -0.0495. The number of carbonyl (C=O) groups is 2. The highest BCUT2D eigenvalue weighted by molar-refractivity contribution is 5.91. The van der Waals surface area contributed by atoms with Crippen LogP contribution in [0.25, 0.3) is 0 Å². The first-order valence-corrected chi connectivity index (χ1v) is 11.5. The fourth-order valence-electron chi connectivity index (χ4n) is 3.62. The van der Waals surface area contributed by atoms with Crippen molar-refractivity contribution in [1.82, 2.24) is 29.5 Å². The van der Waals surface area contributed by atoms with Crippen molar-refractivity contribution in [3.63, 3.8) is 0 Å². The molecule has 0 spiro atoms. The van der Waals surface area contributed by atoms with Gasteiger partial charge >= 0.3 is 0 Å². The SMILES string of the molecule is CC(CCC(=O)Nc1ccc(Cn2cncn2)cc1)CC(=O)Nc1ccc(Cn2cncn2)cc1. The maximum atomic E-state index is 12.4. The van der Waals surface area contributed by atoms with Gasteiger partial charge in [0.1, 0.15) is 25.3 Å². The van der Waals surface area contributed by atoms with Crippen molar-refractivity contribution in [2.75, 3.05) is 10.6 Å². The Morgan fingerprint density at radius 1 is 0.771 bits per heavy atom. The number of hydrogen-bond donors (Lipinski definition) is 2. The topological polar surface area (TPSA) is 120 Å². The van der Waals surface area contributed by atoms with Crippen molar-refractivity contribution in [1.29, 1.82) is 0 Å². The molecular weight excluding hydrogens is 444 g/mol. The van der Waals surface area contributed by atoms with E-state index in [2.05, 4.69) is 30.8 Å². The molecular formula is C25H28N8O2. The second-order valence-electron chi connectivity index (χ2n) is 8.52. The monoisotopic (exact) mass is 472 g/mol. The summed E-state index contributed by atoms with van der Waals surface area (Å²) in [6.45, 7) is 3.23. The second kappa shape index (κ2) is 11.7. The number of amides is 2. The summed E-state index contributed by atoms with van der Waals surface area (Å²) in [7, 11) is 0. The zero-order valence-corrected chi connectivity index (χ0v) is 19.5. The van der Waals surface area contributed by atoms with Gasteiger partial charge in [-0.3, -0.25) is 9.59 Å². The van der Waals surface area contributed by atoms with Gasteiger partial charge in [0.05, 0.1) is 13.1 Å². The molecule has 10 heteroatoms. The first-order chi connectivity index (χ1) is 17.0. The summed E-state index contributed by atoms with van der Waals surface area (Å²) in [5.41, 5.74) is 3.63. The molecule has 0 aliphatic heterocycles. The molecule has 1 atom stereocenters. The highest BCUT2D eigenvalue weighted by Gasteiger charge is 2.12. The van der Waals surface area contributed by atoms with Crippen LogP contribution in [0.2, 0.25) is 0 Å². The molecule has 0 saturated carbocycles. The molecule has 0 fully saturated rings. The van der Waals surface area contributed by atoms with Crippen LogP contribution in [-0.4, -0.2) is 41.3 Å². The Balaban J connectivity index is 1.15. The van der Waals surface area contributed by atoms with Crippen molar-refractivity contribution in [2.24, 2.45) is 5.92 Å². The van der Waals surface area contributed by atoms with Crippen LogP contribution in [0.3, 0.4) is 0 Å². The fraction of sp³-hybridized carbons (Fsp3) is 0.280. The normalized spacial score (nSPS) is 11.7. The first-order valence-electron chi connectivity index (χ1n) is 11.5. The Bertz CT molecular complexity index is 1200. The smallest absolute Gasteiger partial charge is 0.224 e. The molecule has 0 aliphatic carbocycles. The minimum atomic E-state index is -0.0655. The number of anilines is 2. The minimum absolute atomic E-state index is 0.0649. The van der Waals surface area contributed by atoms with Crippen LogP contribution >= 0.6 is 0 Å². The van der Waals surface area contributed by atoms with Gasteiger partial charge in [-0.1, -0.05) is 31.2 Å². The van der Waals surface area contributed by atoms with E-state index in [1.54, 1.807) is 22.0 Å². The van der Waals surface area contributed by atoms with E-state index in [0.717, 1.165) is 22.5 Å². The minimum Gasteiger partial charge on any atom is -0.326 e. The lowest BCUT2D eigenvalue weighted by molar-refractivity contribution is -0.118. The Morgan fingerprint density at radius 2 is 1.26 bits per heavy atom. The predicted molar refractivity (Wildman–Crippen MR) is 131 cm³/mol. The van der Waals surface area contributed by atoms with E-state index in [-0.39, 0.29) is 17.7 Å². The fourth-order valence-corrected chi connectivity index (χ4v) is 3.62. The maximum absolute atomic E-state index is 12.4. The molecule has 4 aromatic rings. The zero-order valence-electron chi connectivity index (χ0n) is 19.5. The van der Waals surface area contributed by atoms with E-state index in [9.17, 15) is 9.59 Å². The van der Waals surface area contributed by atoms with Gasteiger partial charge in [-0.05, 0) is 47.7 Å². The Morgan fingerprint density at radius 3 is 1.71 bits per heavy atom. The number of nitrogens with one attached hydrogen (secondary N) is 2. The number of carbonyl (C=O) groups excluding carboxylic acids is 2. The highest BCUT2D eigenvalue weighted by atomic mass is 16.2. The molecule has 2 N–H and O–H groups in total. The summed E-state index contributed by atoms with van der Waals surface area (Å²) in [5, 5.41) is 14.0. The Hall–Kier alpha value is -4.34. The van der Waals surface area contributed by atoms with Gasteiger partial charge in [-0.15, -0.1) is 0 Å². The summed E-state index contributed by atoms with van der Waals surface area (Å²) in [6.07, 6.45) is 7.65. The van der Waals surface area contributed by atoms with Gasteiger partial charge < -0.3 is 10.6 Å². The number of aromatic nitrogens is 6. The number of nitrogens with zero attached hydrogens (tertiary/aromatic N) is 6. The second-order valence-corrected chi connectivity index (χ2v) is 8.52. The van der Waals surface area contributed by atoms with Gasteiger partial charge in [-0.2, -0.15) is 10.2 Å². The van der Waals surface area contributed by atoms with Gasteiger partial charge in [-0.25, -0.2) is 19.3 Å². The van der Waals surface area contributed by atoms with Crippen LogP contribution in [-0.2, 0) is 22.7 Å². The lowest BCUT2D eigenvalue weighted by atomic mass is 10.0. The predicted octanol–water partition coefficient (Wildman–Crippen LogP) is 3.35. The molecule has 2 heterocycles. The van der Waals surface area contributed by atoms with Crippen molar-refractivity contribution < 1.29 is 9.59 Å². The Kier molecular flexibility index (Phi) is 7.95. The van der Waals surface area contributed by atoms with Crippen molar-refractivity contribution >= 4 is 23.2 Å². The molecule has 2 amide bonds. The van der Waals surface area contributed by atoms with E-state index in [0.29, 0.717) is 32.4 Å². The molecule has 0 bridgehead atoms. The van der Waals surface area contributed by atoms with Crippen LogP contribution in [0.1, 0.15) is 37.3 Å². The number of benzene rings is 2. The first kappa shape index (κ1) is 23.8. The van der Waals surface area contributed by atoms with Gasteiger partial charge in [0, 0.05) is 24.2 Å². The molecule has 180 valence electrons. The molecule has 0 saturated heterocycles. The third-order valence-electron chi connectivity index (χ3n) is 5.50. The van der Waals surface area contributed by atoms with Crippen molar-refractivity contribution in [3.8, 4) is 0 Å². The summed E-state index contributed by atoms with van der Waals surface area (Å²) in [6, 6.07) is 15.3. The third kappa shape index (κ3) is 7.60. The Labute approximate surface area is 203 Å². The van der Waals surface area contributed by atoms with E-state index in [1.165, 1.54) is 12.7 Å². The van der Waals surface area contributed by atoms with Gasteiger partial charge in [0.2, 0.25) is 11.8 Å². The van der Waals surface area contributed by atoms with Crippen molar-refractivity contribution in [3.05, 3.63) is 85.0 Å². The molecule has 2 aromatic heterocycles. The van der Waals surface area contributed by atoms with Crippen LogP contribution in [0.5, 0.6) is 0 Å². The lowest BCUT2D eigenvalue weighted by Gasteiger charge is -2.12. The molecule has 0 radical (unpaired) electrons. The average molecular weight is 473 g/mol. The summed E-state index contributed by atoms with van der Waals surface area (Å²) >= 11 is 0. The third-order valence-corrected chi connectivity index (χ3v) is 5.50. The molecule has 2 aromatic carbocycles. The lowest BCUT2D eigenvalue weighted by Crippen LogP contribution is -2.17. The molecule has 35 heavy (non-hydrogen) atoms. The van der Waals surface area contributed by atoms with E-state index < -0.39 is 0 Å². The zero-order chi connectivity index (χ0) is 24.5. The highest BCUT2D eigenvalue weighted by Crippen LogP contribution is 2.16. The van der Waals surface area contributed by atoms with Crippen molar-refractivity contribution in [2.45, 2.75) is 39.3 Å². The van der Waals surface area contributed by atoms with E-state index in [4.69, 9.17) is 0 Å². The van der Waals surface area contributed by atoms with Crippen LogP contribution in [0, 0.1) is 5.92 Å². The van der Waals surface area contributed by atoms with Gasteiger partial charge in [0.15, 0.2) is 0 Å². The van der Waals surface area contributed by atoms with Crippen LogP contribution in [0.4, 0.5) is 11.4 Å². The summed E-state index contributed by atoms with van der Waals surface area (Å²) in [4.78, 5) is 32.6. The number of rotatable bonds is 11. The molecule has 4 rings (SSSR count). The van der Waals surface area contributed by atoms with Crippen LogP contribution < -0.4 is 10.6 Å².